The van der Waals surface area contributed by atoms with Crippen molar-refractivity contribution in [2.24, 2.45) is 0 Å². The lowest BCUT2D eigenvalue weighted by atomic mass is 9.98. The quantitative estimate of drug-likeness (QED) is 0.883. The summed E-state index contributed by atoms with van der Waals surface area (Å²) in [4.78, 5) is 6.05. The Morgan fingerprint density at radius 2 is 2.18 bits per heavy atom. The number of thiazole rings is 1. The molecule has 0 bridgehead atoms. The van der Waals surface area contributed by atoms with Gasteiger partial charge in [-0.1, -0.05) is 0 Å². The van der Waals surface area contributed by atoms with E-state index in [1.165, 1.54) is 22.7 Å². The molecule has 0 fully saturated rings. The normalized spacial score (nSPS) is 19.0. The number of aromatic nitrogens is 1. The zero-order chi connectivity index (χ0) is 15.5. The van der Waals surface area contributed by atoms with E-state index in [-0.39, 0.29) is 11.9 Å². The minimum atomic E-state index is -0.271. The molecular weight excluding hydrogens is 299 g/mol. The number of hydrogen-bond donors (Lipinski definition) is 2. The van der Waals surface area contributed by atoms with E-state index in [1.54, 1.807) is 23.5 Å². The molecule has 2 unspecified atom stereocenters. The largest absolute Gasteiger partial charge is 0.393 e. The van der Waals surface area contributed by atoms with Gasteiger partial charge in [-0.2, -0.15) is 0 Å². The molecule has 118 valence electrons. The molecule has 5 heteroatoms. The summed E-state index contributed by atoms with van der Waals surface area (Å²) in [5, 5.41) is 13.9. The number of nitrogens with one attached hydrogen (secondary N) is 1. The highest BCUT2D eigenvalue weighted by Crippen LogP contribution is 2.37. The van der Waals surface area contributed by atoms with Crippen LogP contribution in [-0.2, 0) is 6.42 Å². The zero-order valence-electron chi connectivity index (χ0n) is 12.7. The van der Waals surface area contributed by atoms with Gasteiger partial charge in [0.15, 0.2) is 0 Å². The van der Waals surface area contributed by atoms with Crippen molar-refractivity contribution in [1.82, 2.24) is 10.3 Å². The van der Waals surface area contributed by atoms with Crippen LogP contribution >= 0.6 is 11.3 Å². The average molecular weight is 320 g/mol. The second kappa shape index (κ2) is 6.86. The summed E-state index contributed by atoms with van der Waals surface area (Å²) < 4.78 is 13.0. The summed E-state index contributed by atoms with van der Waals surface area (Å²) >= 11 is 1.70. The number of aliphatic hydroxyl groups excluding tert-OH is 1. The summed E-state index contributed by atoms with van der Waals surface area (Å²) in [7, 11) is 0. The molecule has 2 N–H and O–H groups in total. The molecule has 3 nitrogen and oxygen atoms in total. The van der Waals surface area contributed by atoms with Crippen LogP contribution < -0.4 is 5.32 Å². The highest BCUT2D eigenvalue weighted by atomic mass is 32.1. The van der Waals surface area contributed by atoms with Gasteiger partial charge in [0.25, 0.3) is 0 Å². The van der Waals surface area contributed by atoms with Crippen LogP contribution in [0.25, 0.3) is 10.6 Å². The van der Waals surface area contributed by atoms with Gasteiger partial charge in [0.1, 0.15) is 10.8 Å². The number of aliphatic hydroxyl groups is 1. The molecule has 0 amide bonds. The third kappa shape index (κ3) is 3.54. The molecule has 1 aromatic heterocycles. The van der Waals surface area contributed by atoms with Crippen molar-refractivity contribution in [2.75, 3.05) is 6.54 Å². The number of fused-ring (bicyclic) bond motifs is 1. The first-order valence-corrected chi connectivity index (χ1v) is 8.62. The van der Waals surface area contributed by atoms with E-state index in [0.717, 1.165) is 42.8 Å². The van der Waals surface area contributed by atoms with Gasteiger partial charge in [0.05, 0.1) is 11.8 Å². The van der Waals surface area contributed by atoms with Crippen LogP contribution in [0.2, 0.25) is 0 Å². The van der Waals surface area contributed by atoms with E-state index in [4.69, 9.17) is 4.98 Å². The zero-order valence-corrected chi connectivity index (χ0v) is 13.5. The van der Waals surface area contributed by atoms with Crippen LogP contribution in [0.4, 0.5) is 4.39 Å². The van der Waals surface area contributed by atoms with Crippen molar-refractivity contribution in [1.29, 1.82) is 0 Å². The fourth-order valence-corrected chi connectivity index (χ4v) is 4.02. The van der Waals surface area contributed by atoms with E-state index < -0.39 is 0 Å². The van der Waals surface area contributed by atoms with Crippen LogP contribution in [0.15, 0.2) is 24.3 Å². The fourth-order valence-electron chi connectivity index (χ4n) is 2.80. The maximum absolute atomic E-state index is 13.0. The Balaban J connectivity index is 1.77. The fraction of sp³-hybridized carbons (Fsp3) is 0.471. The van der Waals surface area contributed by atoms with Crippen LogP contribution in [0, 0.1) is 5.82 Å². The smallest absolute Gasteiger partial charge is 0.123 e. The van der Waals surface area contributed by atoms with Gasteiger partial charge in [-0.25, -0.2) is 9.37 Å². The number of nitrogens with zero attached hydrogens (tertiary/aromatic N) is 1. The van der Waals surface area contributed by atoms with Crippen molar-refractivity contribution >= 4 is 11.3 Å². The Labute approximate surface area is 134 Å². The predicted molar refractivity (Wildman–Crippen MR) is 87.5 cm³/mol. The maximum Gasteiger partial charge on any atom is 0.123 e. The van der Waals surface area contributed by atoms with Gasteiger partial charge < -0.3 is 10.4 Å². The minimum absolute atomic E-state index is 0.220. The topological polar surface area (TPSA) is 45.1 Å². The third-order valence-corrected chi connectivity index (χ3v) is 5.25. The van der Waals surface area contributed by atoms with E-state index in [1.807, 2.05) is 6.92 Å². The molecule has 0 radical (unpaired) electrons. The van der Waals surface area contributed by atoms with E-state index in [2.05, 4.69) is 5.32 Å². The van der Waals surface area contributed by atoms with Crippen LogP contribution in [0.5, 0.6) is 0 Å². The SMILES string of the molecule is CC(O)CCNC1CCCc2nc(-c3ccc(F)cc3)sc21. The third-order valence-electron chi connectivity index (χ3n) is 3.99. The highest BCUT2D eigenvalue weighted by molar-refractivity contribution is 7.15. The second-order valence-corrected chi connectivity index (χ2v) is 6.90. The van der Waals surface area contributed by atoms with Gasteiger partial charge in [0.2, 0.25) is 0 Å². The molecule has 0 aliphatic heterocycles. The van der Waals surface area contributed by atoms with Crippen molar-refractivity contribution in [3.63, 3.8) is 0 Å². The van der Waals surface area contributed by atoms with Crippen molar-refractivity contribution in [2.45, 2.75) is 44.8 Å². The first-order valence-electron chi connectivity index (χ1n) is 7.80. The van der Waals surface area contributed by atoms with E-state index >= 15 is 0 Å². The van der Waals surface area contributed by atoms with Crippen molar-refractivity contribution < 1.29 is 9.50 Å². The molecule has 1 heterocycles. The standard InChI is InChI=1S/C17H21FN2OS/c1-11(21)9-10-19-14-3-2-4-15-16(14)22-17(20-15)12-5-7-13(18)8-6-12/h5-8,11,14,19,21H,2-4,9-10H2,1H3. The number of halogens is 1. The summed E-state index contributed by atoms with van der Waals surface area (Å²) in [6.07, 6.45) is 3.74. The summed E-state index contributed by atoms with van der Waals surface area (Å²) in [6, 6.07) is 6.86. The first kappa shape index (κ1) is 15.6. The lowest BCUT2D eigenvalue weighted by molar-refractivity contribution is 0.182. The maximum atomic E-state index is 13.0. The first-order chi connectivity index (χ1) is 10.6. The molecule has 3 rings (SSSR count). The Bertz CT molecular complexity index is 624. The number of aryl methyl sites for hydroxylation is 1. The Morgan fingerprint density at radius 1 is 1.41 bits per heavy atom. The molecule has 1 aliphatic rings. The highest BCUT2D eigenvalue weighted by Gasteiger charge is 2.24. The van der Waals surface area contributed by atoms with Crippen molar-refractivity contribution in [3.8, 4) is 10.6 Å². The Morgan fingerprint density at radius 3 is 2.91 bits per heavy atom. The minimum Gasteiger partial charge on any atom is -0.393 e. The van der Waals surface area contributed by atoms with Crippen LogP contribution in [0.3, 0.4) is 0 Å². The van der Waals surface area contributed by atoms with Gasteiger partial charge in [-0.15, -0.1) is 11.3 Å². The Hall–Kier alpha value is -1.30. The molecule has 22 heavy (non-hydrogen) atoms. The number of hydrogen-bond acceptors (Lipinski definition) is 4. The molecule has 1 aliphatic carbocycles. The molecule has 1 aromatic carbocycles. The summed E-state index contributed by atoms with van der Waals surface area (Å²) in [6.45, 7) is 2.62. The molecule has 2 aromatic rings. The van der Waals surface area contributed by atoms with Gasteiger partial charge >= 0.3 is 0 Å². The predicted octanol–water partition coefficient (Wildman–Crippen LogP) is 3.69. The number of benzene rings is 1. The monoisotopic (exact) mass is 320 g/mol. The molecule has 0 spiro atoms. The summed E-state index contributed by atoms with van der Waals surface area (Å²) in [5.74, 6) is -0.220. The molecule has 0 saturated heterocycles. The average Bonchev–Trinajstić information content (AvgIpc) is 2.92. The molecule has 2 atom stereocenters. The van der Waals surface area contributed by atoms with Crippen LogP contribution in [0.1, 0.15) is 42.8 Å². The van der Waals surface area contributed by atoms with Gasteiger partial charge in [-0.05, 0) is 63.4 Å². The lowest BCUT2D eigenvalue weighted by Gasteiger charge is -2.22. The molecular formula is C17H21FN2OS. The Kier molecular flexibility index (Phi) is 4.86. The second-order valence-electron chi connectivity index (χ2n) is 5.87. The van der Waals surface area contributed by atoms with E-state index in [0.29, 0.717) is 6.04 Å². The number of rotatable bonds is 5. The summed E-state index contributed by atoms with van der Waals surface area (Å²) in [5.41, 5.74) is 2.15. The molecule has 0 saturated carbocycles. The van der Waals surface area contributed by atoms with Gasteiger partial charge in [0, 0.05) is 16.5 Å². The lowest BCUT2D eigenvalue weighted by Crippen LogP contribution is -2.26. The van der Waals surface area contributed by atoms with E-state index in [9.17, 15) is 9.50 Å². The van der Waals surface area contributed by atoms with Crippen LogP contribution in [-0.4, -0.2) is 22.7 Å². The van der Waals surface area contributed by atoms with Gasteiger partial charge in [-0.3, -0.25) is 0 Å². The van der Waals surface area contributed by atoms with Crippen molar-refractivity contribution in [3.05, 3.63) is 40.7 Å².